The van der Waals surface area contributed by atoms with E-state index in [1.165, 1.54) is 0 Å². The molecule has 2 aromatic heterocycles. The molecule has 0 aliphatic carbocycles. The molecule has 5 heteroatoms. The summed E-state index contributed by atoms with van der Waals surface area (Å²) in [5.41, 5.74) is 13.5. The maximum atomic E-state index is 5.76. The smallest absolute Gasteiger partial charge is 0.132 e. The van der Waals surface area contributed by atoms with Gasteiger partial charge in [-0.1, -0.05) is 0 Å². The summed E-state index contributed by atoms with van der Waals surface area (Å²) in [6.45, 7) is 0. The van der Waals surface area contributed by atoms with Gasteiger partial charge in [-0.25, -0.2) is 4.98 Å². The van der Waals surface area contributed by atoms with Gasteiger partial charge in [0.15, 0.2) is 0 Å². The summed E-state index contributed by atoms with van der Waals surface area (Å²) in [4.78, 5) is 8.22. The lowest BCUT2D eigenvalue weighted by Crippen LogP contribution is -1.95. The van der Waals surface area contributed by atoms with Gasteiger partial charge < -0.3 is 11.5 Å². The van der Waals surface area contributed by atoms with E-state index in [2.05, 4.69) is 25.9 Å². The number of nitrogens with zero attached hydrogens (tertiary/aromatic N) is 2. The first-order valence-electron chi connectivity index (χ1n) is 4.30. The molecule has 0 saturated heterocycles. The number of rotatable bonds is 1. The van der Waals surface area contributed by atoms with Crippen LogP contribution in [0.1, 0.15) is 0 Å². The Morgan fingerprint density at radius 3 is 2.53 bits per heavy atom. The van der Waals surface area contributed by atoms with Gasteiger partial charge in [-0.2, -0.15) is 0 Å². The maximum Gasteiger partial charge on any atom is 0.132 e. The summed E-state index contributed by atoms with van der Waals surface area (Å²) in [5, 5.41) is 0. The summed E-state index contributed by atoms with van der Waals surface area (Å²) in [7, 11) is 0. The molecule has 2 heterocycles. The van der Waals surface area contributed by atoms with Crippen LogP contribution in [-0.4, -0.2) is 9.97 Å². The standard InChI is InChI=1S/C10H9BrN4/c11-6-3-8(10(13)15-4-6)9-2-1-7(12)5-14-9/h1-5H,12H2,(H2,13,15). The lowest BCUT2D eigenvalue weighted by Gasteiger charge is -2.04. The summed E-state index contributed by atoms with van der Waals surface area (Å²) in [6, 6.07) is 5.47. The largest absolute Gasteiger partial charge is 0.397 e. The second-order valence-electron chi connectivity index (χ2n) is 3.06. The van der Waals surface area contributed by atoms with Crippen molar-refractivity contribution < 1.29 is 0 Å². The van der Waals surface area contributed by atoms with E-state index < -0.39 is 0 Å². The van der Waals surface area contributed by atoms with E-state index in [4.69, 9.17) is 11.5 Å². The molecule has 0 atom stereocenters. The summed E-state index contributed by atoms with van der Waals surface area (Å²) >= 11 is 3.34. The molecule has 0 bridgehead atoms. The molecule has 0 aromatic carbocycles. The van der Waals surface area contributed by atoms with Crippen molar-refractivity contribution in [1.82, 2.24) is 9.97 Å². The third-order valence-electron chi connectivity index (χ3n) is 1.95. The maximum absolute atomic E-state index is 5.76. The lowest BCUT2D eigenvalue weighted by molar-refractivity contribution is 1.27. The van der Waals surface area contributed by atoms with Crippen LogP contribution in [0.15, 0.2) is 35.1 Å². The summed E-state index contributed by atoms with van der Waals surface area (Å²) in [5.74, 6) is 0.454. The molecule has 0 unspecified atom stereocenters. The zero-order chi connectivity index (χ0) is 10.8. The molecule has 0 radical (unpaired) electrons. The van der Waals surface area contributed by atoms with Crippen LogP contribution in [0.5, 0.6) is 0 Å². The van der Waals surface area contributed by atoms with Crippen LogP contribution in [0.25, 0.3) is 11.3 Å². The molecule has 15 heavy (non-hydrogen) atoms. The van der Waals surface area contributed by atoms with Gasteiger partial charge in [0, 0.05) is 16.2 Å². The minimum Gasteiger partial charge on any atom is -0.397 e. The van der Waals surface area contributed by atoms with Gasteiger partial charge >= 0.3 is 0 Å². The van der Waals surface area contributed by atoms with Crippen molar-refractivity contribution in [3.63, 3.8) is 0 Å². The number of nitrogens with two attached hydrogens (primary N) is 2. The highest BCUT2D eigenvalue weighted by molar-refractivity contribution is 9.10. The van der Waals surface area contributed by atoms with Gasteiger partial charge in [0.05, 0.1) is 17.6 Å². The number of aromatic nitrogens is 2. The predicted molar refractivity (Wildman–Crippen MR) is 64.0 cm³/mol. The van der Waals surface area contributed by atoms with Gasteiger partial charge in [0.2, 0.25) is 0 Å². The van der Waals surface area contributed by atoms with Crippen LogP contribution in [0.3, 0.4) is 0 Å². The fourth-order valence-electron chi connectivity index (χ4n) is 1.22. The molecule has 4 N–H and O–H groups in total. The van der Waals surface area contributed by atoms with Crippen LogP contribution in [0, 0.1) is 0 Å². The van der Waals surface area contributed by atoms with E-state index in [9.17, 15) is 0 Å². The van der Waals surface area contributed by atoms with Crippen LogP contribution >= 0.6 is 15.9 Å². The van der Waals surface area contributed by atoms with E-state index in [1.807, 2.05) is 12.1 Å². The summed E-state index contributed by atoms with van der Waals surface area (Å²) in [6.07, 6.45) is 3.24. The zero-order valence-corrected chi connectivity index (χ0v) is 9.40. The highest BCUT2D eigenvalue weighted by Gasteiger charge is 2.05. The molecule has 76 valence electrons. The Kier molecular flexibility index (Phi) is 2.55. The molecule has 0 fully saturated rings. The lowest BCUT2D eigenvalue weighted by atomic mass is 10.1. The highest BCUT2D eigenvalue weighted by Crippen LogP contribution is 2.25. The number of hydrogen-bond acceptors (Lipinski definition) is 4. The first kappa shape index (κ1) is 9.92. The molecule has 0 saturated carbocycles. The fraction of sp³-hybridized carbons (Fsp3) is 0. The number of anilines is 2. The van der Waals surface area contributed by atoms with Crippen molar-refractivity contribution in [2.24, 2.45) is 0 Å². The minimum absolute atomic E-state index is 0.454. The first-order valence-corrected chi connectivity index (χ1v) is 5.09. The van der Waals surface area contributed by atoms with Crippen molar-refractivity contribution in [2.75, 3.05) is 11.5 Å². The molecule has 0 spiro atoms. The Morgan fingerprint density at radius 2 is 1.87 bits per heavy atom. The van der Waals surface area contributed by atoms with Gasteiger partial charge in [-0.15, -0.1) is 0 Å². The van der Waals surface area contributed by atoms with E-state index in [1.54, 1.807) is 18.5 Å². The van der Waals surface area contributed by atoms with Crippen molar-refractivity contribution in [3.05, 3.63) is 35.1 Å². The SMILES string of the molecule is Nc1ccc(-c2cc(Br)cnc2N)nc1. The molecule has 0 aliphatic rings. The van der Waals surface area contributed by atoms with E-state index in [-0.39, 0.29) is 0 Å². The zero-order valence-electron chi connectivity index (χ0n) is 7.81. The van der Waals surface area contributed by atoms with Crippen molar-refractivity contribution in [1.29, 1.82) is 0 Å². The predicted octanol–water partition coefficient (Wildman–Crippen LogP) is 2.07. The van der Waals surface area contributed by atoms with Crippen molar-refractivity contribution in [3.8, 4) is 11.3 Å². The molecular formula is C10H9BrN4. The number of nitrogen functional groups attached to an aromatic ring is 2. The van der Waals surface area contributed by atoms with Crippen LogP contribution < -0.4 is 11.5 Å². The monoisotopic (exact) mass is 264 g/mol. The minimum atomic E-state index is 0.454. The molecule has 4 nitrogen and oxygen atoms in total. The van der Waals surface area contributed by atoms with Crippen molar-refractivity contribution >= 4 is 27.4 Å². The number of pyridine rings is 2. The van der Waals surface area contributed by atoms with Gasteiger partial charge in [-0.05, 0) is 34.1 Å². The van der Waals surface area contributed by atoms with Crippen LogP contribution in [0.2, 0.25) is 0 Å². The average Bonchev–Trinajstić information content (AvgIpc) is 2.23. The summed E-state index contributed by atoms with van der Waals surface area (Å²) < 4.78 is 0.866. The Bertz CT molecular complexity index is 481. The van der Waals surface area contributed by atoms with Gasteiger partial charge in [0.25, 0.3) is 0 Å². The molecule has 2 rings (SSSR count). The second kappa shape index (κ2) is 3.86. The van der Waals surface area contributed by atoms with Crippen LogP contribution in [0.4, 0.5) is 11.5 Å². The van der Waals surface area contributed by atoms with E-state index in [0.29, 0.717) is 11.5 Å². The molecule has 0 amide bonds. The average molecular weight is 265 g/mol. The third kappa shape index (κ3) is 2.07. The number of halogens is 1. The normalized spacial score (nSPS) is 10.2. The Morgan fingerprint density at radius 1 is 1.07 bits per heavy atom. The van der Waals surface area contributed by atoms with Crippen LogP contribution in [-0.2, 0) is 0 Å². The fourth-order valence-corrected chi connectivity index (χ4v) is 1.55. The Balaban J connectivity index is 2.53. The molecule has 0 aliphatic heterocycles. The van der Waals surface area contributed by atoms with Gasteiger partial charge in [0.1, 0.15) is 5.82 Å². The Hall–Kier alpha value is -1.62. The first-order chi connectivity index (χ1) is 7.16. The van der Waals surface area contributed by atoms with E-state index >= 15 is 0 Å². The molecule has 2 aromatic rings. The topological polar surface area (TPSA) is 77.8 Å². The van der Waals surface area contributed by atoms with E-state index in [0.717, 1.165) is 15.7 Å². The Labute approximate surface area is 95.5 Å². The van der Waals surface area contributed by atoms with Crippen molar-refractivity contribution in [2.45, 2.75) is 0 Å². The number of hydrogen-bond donors (Lipinski definition) is 2. The van der Waals surface area contributed by atoms with Gasteiger partial charge in [-0.3, -0.25) is 4.98 Å². The third-order valence-corrected chi connectivity index (χ3v) is 2.38. The second-order valence-corrected chi connectivity index (χ2v) is 3.98. The highest BCUT2D eigenvalue weighted by atomic mass is 79.9. The quantitative estimate of drug-likeness (QED) is 0.827. The molecular weight excluding hydrogens is 256 g/mol.